The summed E-state index contributed by atoms with van der Waals surface area (Å²) in [4.78, 5) is 17.6. The predicted molar refractivity (Wildman–Crippen MR) is 68.8 cm³/mol. The van der Waals surface area contributed by atoms with Crippen LogP contribution in [0.3, 0.4) is 0 Å². The number of hydrogen-bond acceptors (Lipinski definition) is 4. The van der Waals surface area contributed by atoms with Gasteiger partial charge in [0.2, 0.25) is 0 Å². The molecule has 2 aromatic rings. The van der Waals surface area contributed by atoms with Crippen molar-refractivity contribution in [2.24, 2.45) is 0 Å². The van der Waals surface area contributed by atoms with Gasteiger partial charge < -0.3 is 4.90 Å². The minimum absolute atomic E-state index is 0.302. The second-order valence-corrected chi connectivity index (χ2v) is 5.26. The van der Waals surface area contributed by atoms with Crippen LogP contribution >= 0.6 is 22.9 Å². The lowest BCUT2D eigenvalue weighted by molar-refractivity contribution is 0.112. The molecule has 3 nitrogen and oxygen atoms in total. The zero-order valence-electron chi connectivity index (χ0n) is 8.89. The monoisotopic (exact) mass is 264 g/mol. The maximum atomic E-state index is 10.7. The Labute approximate surface area is 108 Å². The molecule has 0 fully saturated rings. The van der Waals surface area contributed by atoms with Crippen LogP contribution in [0.1, 0.15) is 20.8 Å². The molecule has 5 heteroatoms. The highest BCUT2D eigenvalue weighted by Crippen LogP contribution is 2.33. The van der Waals surface area contributed by atoms with Crippen molar-refractivity contribution in [3.05, 3.63) is 45.4 Å². The van der Waals surface area contributed by atoms with Crippen molar-refractivity contribution in [2.75, 3.05) is 4.90 Å². The van der Waals surface area contributed by atoms with Crippen molar-refractivity contribution in [1.29, 1.82) is 0 Å². The predicted octanol–water partition coefficient (Wildman–Crippen LogP) is 3.13. The molecule has 0 amide bonds. The van der Waals surface area contributed by atoms with Gasteiger partial charge in [0.05, 0.1) is 0 Å². The van der Waals surface area contributed by atoms with Gasteiger partial charge in [-0.15, -0.1) is 0 Å². The first-order valence-electron chi connectivity index (χ1n) is 5.21. The van der Waals surface area contributed by atoms with Gasteiger partial charge in [0.1, 0.15) is 4.88 Å². The maximum absolute atomic E-state index is 10.7. The normalized spacial score (nSPS) is 13.8. The molecule has 0 saturated heterocycles. The minimum atomic E-state index is 0.302. The summed E-state index contributed by atoms with van der Waals surface area (Å²) in [5, 5.41) is 1.12. The average molecular weight is 265 g/mol. The van der Waals surface area contributed by atoms with E-state index in [0.29, 0.717) is 10.0 Å². The molecule has 2 heterocycles. The molecule has 0 atom stereocenters. The molecule has 0 aliphatic carbocycles. The third kappa shape index (κ3) is 1.83. The number of aromatic nitrogens is 1. The lowest BCUT2D eigenvalue weighted by atomic mass is 10.1. The first-order valence-corrected chi connectivity index (χ1v) is 6.40. The van der Waals surface area contributed by atoms with Crippen molar-refractivity contribution in [2.45, 2.75) is 13.1 Å². The second-order valence-electron chi connectivity index (χ2n) is 3.89. The summed E-state index contributed by atoms with van der Waals surface area (Å²) in [5.74, 6) is 0. The first kappa shape index (κ1) is 10.7. The third-order valence-corrected chi connectivity index (χ3v) is 4.26. The molecule has 0 bridgehead atoms. The molecule has 0 radical (unpaired) electrons. The third-order valence-electron chi connectivity index (χ3n) is 2.82. The van der Waals surface area contributed by atoms with Crippen molar-refractivity contribution < 1.29 is 4.79 Å². The van der Waals surface area contributed by atoms with Crippen molar-refractivity contribution in [1.82, 2.24) is 4.98 Å². The number of nitrogens with zero attached hydrogens (tertiary/aromatic N) is 2. The zero-order chi connectivity index (χ0) is 11.8. The van der Waals surface area contributed by atoms with E-state index in [9.17, 15) is 4.79 Å². The Balaban J connectivity index is 1.91. The number of carbonyl (C=O) groups is 1. The molecule has 1 aliphatic heterocycles. The Hall–Kier alpha value is -1.39. The largest absolute Gasteiger partial charge is 0.339 e. The van der Waals surface area contributed by atoms with Crippen molar-refractivity contribution in [3.8, 4) is 0 Å². The molecule has 1 aliphatic rings. The molecule has 86 valence electrons. The van der Waals surface area contributed by atoms with Crippen LogP contribution < -0.4 is 4.90 Å². The quantitative estimate of drug-likeness (QED) is 0.782. The van der Waals surface area contributed by atoms with Crippen LogP contribution in [0.15, 0.2) is 24.3 Å². The summed E-state index contributed by atoms with van der Waals surface area (Å²) in [6, 6.07) is 8.30. The Morgan fingerprint density at radius 1 is 1.29 bits per heavy atom. The number of aldehydes is 1. The molecule has 0 spiro atoms. The summed E-state index contributed by atoms with van der Waals surface area (Å²) in [5.41, 5.74) is 2.62. The molecule has 3 rings (SSSR count). The standard InChI is InChI=1S/C12H9ClN2OS/c13-11-10(7-16)17-12(14-11)15-5-8-3-1-2-4-9(8)6-15/h1-4,7H,5-6H2. The first-order chi connectivity index (χ1) is 8.28. The van der Waals surface area contributed by atoms with Gasteiger partial charge in [-0.3, -0.25) is 4.79 Å². The number of hydrogen-bond donors (Lipinski definition) is 0. The number of fused-ring (bicyclic) bond motifs is 1. The maximum Gasteiger partial charge on any atom is 0.188 e. The SMILES string of the molecule is O=Cc1sc(N2Cc3ccccc3C2)nc1Cl. The summed E-state index contributed by atoms with van der Waals surface area (Å²) >= 11 is 7.22. The van der Waals surface area contributed by atoms with E-state index in [2.05, 4.69) is 22.0 Å². The van der Waals surface area contributed by atoms with E-state index in [1.165, 1.54) is 22.5 Å². The Morgan fingerprint density at radius 2 is 1.94 bits per heavy atom. The van der Waals surface area contributed by atoms with E-state index >= 15 is 0 Å². The number of rotatable bonds is 2. The van der Waals surface area contributed by atoms with E-state index in [4.69, 9.17) is 11.6 Å². The lowest BCUT2D eigenvalue weighted by Crippen LogP contribution is -2.13. The topological polar surface area (TPSA) is 33.2 Å². The van der Waals surface area contributed by atoms with Crippen LogP contribution in [0.25, 0.3) is 0 Å². The Kier molecular flexibility index (Phi) is 2.61. The molecule has 0 saturated carbocycles. The second kappa shape index (κ2) is 4.13. The highest BCUT2D eigenvalue weighted by molar-refractivity contribution is 7.17. The summed E-state index contributed by atoms with van der Waals surface area (Å²) < 4.78 is 0. The Morgan fingerprint density at radius 3 is 2.47 bits per heavy atom. The molecular weight excluding hydrogens is 256 g/mol. The van der Waals surface area contributed by atoms with Gasteiger partial charge in [0, 0.05) is 13.1 Å². The number of carbonyl (C=O) groups excluding carboxylic acids is 1. The van der Waals surface area contributed by atoms with E-state index in [1.54, 1.807) is 0 Å². The Bertz CT molecular complexity index is 557. The van der Waals surface area contributed by atoms with E-state index in [0.717, 1.165) is 24.5 Å². The molecule has 1 aromatic carbocycles. The lowest BCUT2D eigenvalue weighted by Gasteiger charge is -2.12. The van der Waals surface area contributed by atoms with Crippen LogP contribution in [-0.2, 0) is 13.1 Å². The van der Waals surface area contributed by atoms with Gasteiger partial charge in [0.25, 0.3) is 0 Å². The molecular formula is C12H9ClN2OS. The summed E-state index contributed by atoms with van der Waals surface area (Å²) in [6.45, 7) is 1.66. The fourth-order valence-electron chi connectivity index (χ4n) is 1.98. The van der Waals surface area contributed by atoms with Gasteiger partial charge in [-0.25, -0.2) is 4.98 Å². The van der Waals surface area contributed by atoms with Gasteiger partial charge in [-0.05, 0) is 11.1 Å². The van der Waals surface area contributed by atoms with Gasteiger partial charge >= 0.3 is 0 Å². The molecule has 1 aromatic heterocycles. The smallest absolute Gasteiger partial charge is 0.188 e. The minimum Gasteiger partial charge on any atom is -0.339 e. The van der Waals surface area contributed by atoms with E-state index < -0.39 is 0 Å². The number of halogens is 1. The van der Waals surface area contributed by atoms with Gasteiger partial charge in [-0.2, -0.15) is 0 Å². The molecule has 0 unspecified atom stereocenters. The van der Waals surface area contributed by atoms with Crippen molar-refractivity contribution >= 4 is 34.4 Å². The van der Waals surface area contributed by atoms with Gasteiger partial charge in [0.15, 0.2) is 16.6 Å². The van der Waals surface area contributed by atoms with Crippen LogP contribution in [0.4, 0.5) is 5.13 Å². The highest BCUT2D eigenvalue weighted by Gasteiger charge is 2.22. The number of anilines is 1. The van der Waals surface area contributed by atoms with E-state index in [1.807, 2.05) is 12.1 Å². The highest BCUT2D eigenvalue weighted by atomic mass is 35.5. The van der Waals surface area contributed by atoms with Crippen LogP contribution in [-0.4, -0.2) is 11.3 Å². The average Bonchev–Trinajstić information content (AvgIpc) is 2.91. The fourth-order valence-corrected chi connectivity index (χ4v) is 3.04. The van der Waals surface area contributed by atoms with Crippen LogP contribution in [0.2, 0.25) is 5.15 Å². The summed E-state index contributed by atoms with van der Waals surface area (Å²) in [6.07, 6.45) is 0.757. The fraction of sp³-hybridized carbons (Fsp3) is 0.167. The van der Waals surface area contributed by atoms with Crippen molar-refractivity contribution in [3.63, 3.8) is 0 Å². The van der Waals surface area contributed by atoms with E-state index in [-0.39, 0.29) is 0 Å². The number of benzene rings is 1. The molecule has 17 heavy (non-hydrogen) atoms. The number of thiazole rings is 1. The van der Waals surface area contributed by atoms with Gasteiger partial charge in [-0.1, -0.05) is 47.2 Å². The van der Waals surface area contributed by atoms with Crippen LogP contribution in [0, 0.1) is 0 Å². The molecule has 0 N–H and O–H groups in total. The summed E-state index contributed by atoms with van der Waals surface area (Å²) in [7, 11) is 0. The van der Waals surface area contributed by atoms with Crippen LogP contribution in [0.5, 0.6) is 0 Å². The zero-order valence-corrected chi connectivity index (χ0v) is 10.5.